The van der Waals surface area contributed by atoms with Crippen molar-refractivity contribution in [2.45, 2.75) is 17.9 Å². The topological polar surface area (TPSA) is 101 Å². The van der Waals surface area contributed by atoms with Crippen molar-refractivity contribution < 1.29 is 8.42 Å². The zero-order valence-electron chi connectivity index (χ0n) is 14.8. The summed E-state index contributed by atoms with van der Waals surface area (Å²) < 4.78 is 26.2. The van der Waals surface area contributed by atoms with Crippen LogP contribution in [0.4, 0.5) is 11.8 Å². The van der Waals surface area contributed by atoms with Crippen molar-refractivity contribution in [3.05, 3.63) is 41.3 Å². The van der Waals surface area contributed by atoms with Gasteiger partial charge in [0.2, 0.25) is 5.95 Å². The SMILES string of the molecule is NCCCNc1nc(N2CCS(=O)(=O)c3ccccc3C2)nc2ccsc12. The van der Waals surface area contributed by atoms with Crippen LogP contribution < -0.4 is 16.0 Å². The molecule has 1 aliphatic rings. The number of fused-ring (bicyclic) bond motifs is 2. The molecule has 0 fully saturated rings. The van der Waals surface area contributed by atoms with E-state index in [9.17, 15) is 8.42 Å². The molecule has 0 bridgehead atoms. The molecule has 9 heteroatoms. The molecule has 0 saturated heterocycles. The van der Waals surface area contributed by atoms with Gasteiger partial charge in [0.15, 0.2) is 9.84 Å². The number of nitrogens with zero attached hydrogens (tertiary/aromatic N) is 3. The summed E-state index contributed by atoms with van der Waals surface area (Å²) in [6, 6.07) is 9.12. The van der Waals surface area contributed by atoms with E-state index in [-0.39, 0.29) is 5.75 Å². The Morgan fingerprint density at radius 3 is 2.93 bits per heavy atom. The third-order valence-electron chi connectivity index (χ3n) is 4.55. The lowest BCUT2D eigenvalue weighted by molar-refractivity contribution is 0.596. The number of anilines is 2. The number of thiophene rings is 1. The van der Waals surface area contributed by atoms with Crippen molar-refractivity contribution in [1.82, 2.24) is 9.97 Å². The molecule has 3 heterocycles. The van der Waals surface area contributed by atoms with Crippen LogP contribution >= 0.6 is 11.3 Å². The van der Waals surface area contributed by atoms with Crippen molar-refractivity contribution in [1.29, 1.82) is 0 Å². The number of aromatic nitrogens is 2. The van der Waals surface area contributed by atoms with E-state index in [1.165, 1.54) is 0 Å². The summed E-state index contributed by atoms with van der Waals surface area (Å²) in [4.78, 5) is 11.7. The fourth-order valence-electron chi connectivity index (χ4n) is 3.15. The van der Waals surface area contributed by atoms with Crippen LogP contribution in [0.15, 0.2) is 40.6 Å². The van der Waals surface area contributed by atoms with Crippen LogP contribution in [0.3, 0.4) is 0 Å². The molecule has 0 spiro atoms. The number of sulfone groups is 1. The molecule has 3 N–H and O–H groups in total. The minimum atomic E-state index is -3.30. The summed E-state index contributed by atoms with van der Waals surface area (Å²) in [5, 5.41) is 5.33. The first-order chi connectivity index (χ1) is 13.1. The lowest BCUT2D eigenvalue weighted by atomic mass is 10.2. The normalized spacial score (nSPS) is 16.1. The maximum absolute atomic E-state index is 12.6. The molecule has 0 unspecified atom stereocenters. The van der Waals surface area contributed by atoms with E-state index in [0.29, 0.717) is 30.5 Å². The van der Waals surface area contributed by atoms with Crippen LogP contribution in [0.1, 0.15) is 12.0 Å². The van der Waals surface area contributed by atoms with E-state index in [4.69, 9.17) is 10.7 Å². The Balaban J connectivity index is 1.72. The van der Waals surface area contributed by atoms with Crippen LogP contribution in [0.2, 0.25) is 0 Å². The second-order valence-electron chi connectivity index (χ2n) is 6.42. The third kappa shape index (κ3) is 3.62. The number of nitrogens with two attached hydrogens (primary N) is 1. The van der Waals surface area contributed by atoms with Crippen molar-refractivity contribution in [3.8, 4) is 0 Å². The molecule has 7 nitrogen and oxygen atoms in total. The monoisotopic (exact) mass is 403 g/mol. The lowest BCUT2D eigenvalue weighted by Gasteiger charge is -2.21. The van der Waals surface area contributed by atoms with Crippen LogP contribution in [0.25, 0.3) is 10.2 Å². The minimum absolute atomic E-state index is 0.0466. The number of nitrogens with one attached hydrogen (secondary N) is 1. The van der Waals surface area contributed by atoms with Crippen LogP contribution in [0, 0.1) is 0 Å². The molecule has 1 aromatic carbocycles. The number of rotatable bonds is 5. The molecule has 4 rings (SSSR count). The predicted octanol–water partition coefficient (Wildman–Crippen LogP) is 2.25. The standard InChI is InChI=1S/C18H21N5O2S2/c19-7-3-8-20-17-16-14(6-10-26-16)21-18(22-17)23-9-11-27(24,25)15-5-2-1-4-13(15)12-23/h1-2,4-6,10H,3,7-9,11-12,19H2,(H,20,21,22). The van der Waals surface area contributed by atoms with Crippen molar-refractivity contribution in [2.24, 2.45) is 5.73 Å². The van der Waals surface area contributed by atoms with Crippen molar-refractivity contribution >= 4 is 43.2 Å². The summed E-state index contributed by atoms with van der Waals surface area (Å²) in [6.07, 6.45) is 0.849. The van der Waals surface area contributed by atoms with Crippen LogP contribution in [-0.4, -0.2) is 43.8 Å². The molecule has 0 radical (unpaired) electrons. The highest BCUT2D eigenvalue weighted by Gasteiger charge is 2.26. The average Bonchev–Trinajstić information content (AvgIpc) is 3.09. The molecule has 3 aromatic rings. The summed E-state index contributed by atoms with van der Waals surface area (Å²) in [5.74, 6) is 1.37. The second kappa shape index (κ2) is 7.41. The van der Waals surface area contributed by atoms with Gasteiger partial charge in [-0.1, -0.05) is 18.2 Å². The maximum atomic E-state index is 12.6. The molecule has 2 aromatic heterocycles. The summed E-state index contributed by atoms with van der Waals surface area (Å²) >= 11 is 1.59. The second-order valence-corrected chi connectivity index (χ2v) is 9.42. The van der Waals surface area contributed by atoms with E-state index in [0.717, 1.165) is 34.6 Å². The summed E-state index contributed by atoms with van der Waals surface area (Å²) in [7, 11) is -3.30. The molecule has 0 amide bonds. The van der Waals surface area contributed by atoms with E-state index in [1.54, 1.807) is 23.5 Å². The van der Waals surface area contributed by atoms with Crippen molar-refractivity contribution in [2.75, 3.05) is 35.6 Å². The van der Waals surface area contributed by atoms with Gasteiger partial charge in [0.05, 0.1) is 20.9 Å². The molecular weight excluding hydrogens is 382 g/mol. The van der Waals surface area contributed by atoms with Crippen LogP contribution in [0.5, 0.6) is 0 Å². The van der Waals surface area contributed by atoms with Gasteiger partial charge in [0.1, 0.15) is 5.82 Å². The smallest absolute Gasteiger partial charge is 0.228 e. The first-order valence-corrected chi connectivity index (χ1v) is 11.4. The van der Waals surface area contributed by atoms with Gasteiger partial charge in [-0.2, -0.15) is 4.98 Å². The summed E-state index contributed by atoms with van der Waals surface area (Å²) in [6.45, 7) is 2.17. The Morgan fingerprint density at radius 2 is 2.07 bits per heavy atom. The number of benzene rings is 1. The van der Waals surface area contributed by atoms with Gasteiger partial charge in [-0.3, -0.25) is 0 Å². The highest BCUT2D eigenvalue weighted by molar-refractivity contribution is 7.91. The van der Waals surface area contributed by atoms with E-state index >= 15 is 0 Å². The lowest BCUT2D eigenvalue weighted by Crippen LogP contribution is -2.27. The van der Waals surface area contributed by atoms with Gasteiger partial charge < -0.3 is 16.0 Å². The van der Waals surface area contributed by atoms with E-state index in [1.807, 2.05) is 28.5 Å². The molecule has 0 saturated carbocycles. The Labute approximate surface area is 162 Å². The van der Waals surface area contributed by atoms with Gasteiger partial charge in [0.25, 0.3) is 0 Å². The molecule has 0 atom stereocenters. The van der Waals surface area contributed by atoms with Crippen LogP contribution in [-0.2, 0) is 16.4 Å². The fourth-order valence-corrected chi connectivity index (χ4v) is 5.45. The van der Waals surface area contributed by atoms with Gasteiger partial charge in [-0.05, 0) is 36.0 Å². The zero-order chi connectivity index (χ0) is 18.9. The highest BCUT2D eigenvalue weighted by atomic mass is 32.2. The molecular formula is C18H21N5O2S2. The first kappa shape index (κ1) is 18.1. The highest BCUT2D eigenvalue weighted by Crippen LogP contribution is 2.30. The average molecular weight is 404 g/mol. The van der Waals surface area contributed by atoms with Gasteiger partial charge in [0, 0.05) is 19.6 Å². The number of hydrogen-bond acceptors (Lipinski definition) is 8. The maximum Gasteiger partial charge on any atom is 0.228 e. The predicted molar refractivity (Wildman–Crippen MR) is 109 cm³/mol. The fraction of sp³-hybridized carbons (Fsp3) is 0.333. The molecule has 27 heavy (non-hydrogen) atoms. The van der Waals surface area contributed by atoms with Crippen molar-refractivity contribution in [3.63, 3.8) is 0 Å². The third-order valence-corrected chi connectivity index (χ3v) is 7.25. The Kier molecular flexibility index (Phi) is 4.98. The van der Waals surface area contributed by atoms with Gasteiger partial charge in [-0.15, -0.1) is 11.3 Å². The van der Waals surface area contributed by atoms with E-state index in [2.05, 4.69) is 10.3 Å². The zero-order valence-corrected chi connectivity index (χ0v) is 16.4. The quantitative estimate of drug-likeness (QED) is 0.630. The molecule has 142 valence electrons. The largest absolute Gasteiger partial charge is 0.369 e. The molecule has 1 aliphatic heterocycles. The van der Waals surface area contributed by atoms with Gasteiger partial charge in [-0.25, -0.2) is 13.4 Å². The van der Waals surface area contributed by atoms with E-state index < -0.39 is 9.84 Å². The Bertz CT molecular complexity index is 1060. The Morgan fingerprint density at radius 1 is 1.22 bits per heavy atom. The van der Waals surface area contributed by atoms with Gasteiger partial charge >= 0.3 is 0 Å². The number of hydrogen-bond donors (Lipinski definition) is 2. The first-order valence-electron chi connectivity index (χ1n) is 8.83. The minimum Gasteiger partial charge on any atom is -0.369 e. The summed E-state index contributed by atoms with van der Waals surface area (Å²) in [5.41, 5.74) is 7.23. The molecule has 0 aliphatic carbocycles. The Hall–Kier alpha value is -2.23.